The highest BCUT2D eigenvalue weighted by Crippen LogP contribution is 2.29. The second kappa shape index (κ2) is 6.69. The van der Waals surface area contributed by atoms with Crippen LogP contribution in [0.3, 0.4) is 0 Å². The summed E-state index contributed by atoms with van der Waals surface area (Å²) in [6.07, 6.45) is 5.25. The molecule has 4 nitrogen and oxygen atoms in total. The molecule has 22 heavy (non-hydrogen) atoms. The monoisotopic (exact) mass is 302 g/mol. The minimum Gasteiger partial charge on any atom is -0.497 e. The molecule has 2 heterocycles. The average Bonchev–Trinajstić information content (AvgIpc) is 3.15. The number of hydrogen-bond donors (Lipinski definition) is 0. The first-order chi connectivity index (χ1) is 10.7. The van der Waals surface area contributed by atoms with Crippen molar-refractivity contribution in [1.29, 1.82) is 0 Å². The van der Waals surface area contributed by atoms with E-state index in [-0.39, 0.29) is 5.91 Å². The van der Waals surface area contributed by atoms with Crippen molar-refractivity contribution in [3.8, 4) is 5.75 Å². The van der Waals surface area contributed by atoms with E-state index in [4.69, 9.17) is 4.74 Å². The summed E-state index contributed by atoms with van der Waals surface area (Å²) in [5.41, 5.74) is 1.04. The zero-order chi connectivity index (χ0) is 15.5. The third kappa shape index (κ3) is 3.12. The summed E-state index contributed by atoms with van der Waals surface area (Å²) >= 11 is 0. The van der Waals surface area contributed by atoms with Crippen LogP contribution in [0.5, 0.6) is 5.75 Å². The van der Waals surface area contributed by atoms with Crippen molar-refractivity contribution in [3.63, 3.8) is 0 Å². The Morgan fingerprint density at radius 1 is 1.23 bits per heavy atom. The first kappa shape index (κ1) is 15.3. The molecule has 2 aliphatic heterocycles. The third-order valence-corrected chi connectivity index (χ3v) is 5.13. The third-order valence-electron chi connectivity index (χ3n) is 5.13. The van der Waals surface area contributed by atoms with Gasteiger partial charge in [0.2, 0.25) is 5.91 Å². The Bertz CT molecular complexity index is 532. The molecule has 2 fully saturated rings. The second-order valence-electron chi connectivity index (χ2n) is 6.52. The molecule has 1 amide bonds. The molecule has 0 bridgehead atoms. The molecular weight excluding hydrogens is 276 g/mol. The standard InChI is InChI=1S/C18H26N2O2/c1-19-10-4-8-16(19)17-9-5-11-20(17)18(21)13-14-6-3-7-15(12-14)22-2/h3,6-7,12,16-17H,4-5,8-11,13H2,1-2H3/t16-,17-/m0/s1. The molecule has 4 heteroatoms. The van der Waals surface area contributed by atoms with Gasteiger partial charge in [-0.15, -0.1) is 0 Å². The fourth-order valence-corrected chi connectivity index (χ4v) is 3.98. The summed E-state index contributed by atoms with van der Waals surface area (Å²) in [5.74, 6) is 1.08. The Balaban J connectivity index is 1.68. The summed E-state index contributed by atoms with van der Waals surface area (Å²) in [6.45, 7) is 2.08. The van der Waals surface area contributed by atoms with Gasteiger partial charge < -0.3 is 14.5 Å². The molecule has 1 aromatic rings. The molecule has 0 aliphatic carbocycles. The Labute approximate surface area is 133 Å². The molecule has 0 aromatic heterocycles. The summed E-state index contributed by atoms with van der Waals surface area (Å²) in [7, 11) is 3.86. The van der Waals surface area contributed by atoms with E-state index in [1.165, 1.54) is 19.4 Å². The van der Waals surface area contributed by atoms with E-state index in [1.54, 1.807) is 7.11 Å². The van der Waals surface area contributed by atoms with E-state index < -0.39 is 0 Å². The molecule has 120 valence electrons. The van der Waals surface area contributed by atoms with Crippen LogP contribution in [-0.4, -0.2) is 55.0 Å². The highest BCUT2D eigenvalue weighted by molar-refractivity contribution is 5.79. The number of carbonyl (C=O) groups is 1. The van der Waals surface area contributed by atoms with Crippen LogP contribution in [0.4, 0.5) is 0 Å². The van der Waals surface area contributed by atoms with E-state index in [1.807, 2.05) is 24.3 Å². The Hall–Kier alpha value is -1.55. The van der Waals surface area contributed by atoms with Crippen LogP contribution >= 0.6 is 0 Å². The van der Waals surface area contributed by atoms with E-state index in [2.05, 4.69) is 16.8 Å². The second-order valence-corrected chi connectivity index (χ2v) is 6.52. The Morgan fingerprint density at radius 2 is 2.00 bits per heavy atom. The quantitative estimate of drug-likeness (QED) is 0.856. The minimum atomic E-state index is 0.260. The number of amides is 1. The van der Waals surface area contributed by atoms with Crippen LogP contribution in [0.2, 0.25) is 0 Å². The van der Waals surface area contributed by atoms with Gasteiger partial charge in [-0.2, -0.15) is 0 Å². The Kier molecular flexibility index (Phi) is 4.67. The van der Waals surface area contributed by atoms with Gasteiger partial charge >= 0.3 is 0 Å². The zero-order valence-electron chi connectivity index (χ0n) is 13.6. The first-order valence-electron chi connectivity index (χ1n) is 8.31. The van der Waals surface area contributed by atoms with Crippen molar-refractivity contribution in [2.45, 2.75) is 44.2 Å². The molecule has 2 saturated heterocycles. The van der Waals surface area contributed by atoms with Crippen LogP contribution in [-0.2, 0) is 11.2 Å². The van der Waals surface area contributed by atoms with Gasteiger partial charge in [0.15, 0.2) is 0 Å². The van der Waals surface area contributed by atoms with Gasteiger partial charge in [-0.25, -0.2) is 0 Å². The summed E-state index contributed by atoms with van der Waals surface area (Å²) in [5, 5.41) is 0. The molecule has 2 atom stereocenters. The number of ether oxygens (including phenoxy) is 1. The number of likely N-dealkylation sites (N-methyl/N-ethyl adjacent to an activating group) is 1. The van der Waals surface area contributed by atoms with Crippen LogP contribution < -0.4 is 4.74 Å². The molecule has 0 radical (unpaired) electrons. The van der Waals surface area contributed by atoms with Crippen LogP contribution in [0.25, 0.3) is 0 Å². The lowest BCUT2D eigenvalue weighted by Gasteiger charge is -2.33. The van der Waals surface area contributed by atoms with Gasteiger partial charge in [-0.1, -0.05) is 12.1 Å². The molecule has 0 unspecified atom stereocenters. The maximum absolute atomic E-state index is 12.8. The van der Waals surface area contributed by atoms with Gasteiger partial charge in [0.25, 0.3) is 0 Å². The molecule has 0 spiro atoms. The molecule has 0 N–H and O–H groups in total. The van der Waals surface area contributed by atoms with Crippen molar-refractivity contribution in [1.82, 2.24) is 9.80 Å². The number of rotatable bonds is 4. The summed E-state index contributed by atoms with van der Waals surface area (Å²) in [6, 6.07) is 8.80. The van der Waals surface area contributed by atoms with Crippen molar-refractivity contribution in [2.24, 2.45) is 0 Å². The number of methoxy groups -OCH3 is 1. The minimum absolute atomic E-state index is 0.260. The average molecular weight is 302 g/mol. The SMILES string of the molecule is COc1cccc(CC(=O)N2CCC[C@H]2[C@@H]2CCCN2C)c1. The molecular formula is C18H26N2O2. The largest absolute Gasteiger partial charge is 0.497 e. The summed E-state index contributed by atoms with van der Waals surface area (Å²) in [4.78, 5) is 17.3. The zero-order valence-corrected chi connectivity index (χ0v) is 13.6. The van der Waals surface area contributed by atoms with Gasteiger partial charge in [-0.3, -0.25) is 4.79 Å². The Morgan fingerprint density at radius 3 is 2.73 bits per heavy atom. The van der Waals surface area contributed by atoms with E-state index in [9.17, 15) is 4.79 Å². The molecule has 1 aromatic carbocycles. The predicted octanol–water partition coefficient (Wildman–Crippen LogP) is 2.32. The number of nitrogens with zero attached hydrogens (tertiary/aromatic N) is 2. The summed E-state index contributed by atoms with van der Waals surface area (Å²) < 4.78 is 5.25. The number of hydrogen-bond acceptors (Lipinski definition) is 3. The number of benzene rings is 1. The van der Waals surface area contributed by atoms with E-state index in [0.29, 0.717) is 18.5 Å². The molecule has 2 aliphatic rings. The van der Waals surface area contributed by atoms with Crippen LogP contribution in [0.1, 0.15) is 31.2 Å². The fraction of sp³-hybridized carbons (Fsp3) is 0.611. The maximum Gasteiger partial charge on any atom is 0.227 e. The lowest BCUT2D eigenvalue weighted by molar-refractivity contribution is -0.132. The van der Waals surface area contributed by atoms with E-state index in [0.717, 1.165) is 30.7 Å². The smallest absolute Gasteiger partial charge is 0.227 e. The fourth-order valence-electron chi connectivity index (χ4n) is 3.98. The maximum atomic E-state index is 12.8. The molecule has 0 saturated carbocycles. The van der Waals surface area contributed by atoms with Gasteiger partial charge in [0.1, 0.15) is 5.75 Å². The van der Waals surface area contributed by atoms with Gasteiger partial charge in [0.05, 0.1) is 13.5 Å². The van der Waals surface area contributed by atoms with Gasteiger partial charge in [0, 0.05) is 18.6 Å². The molecule has 3 rings (SSSR count). The van der Waals surface area contributed by atoms with Crippen LogP contribution in [0.15, 0.2) is 24.3 Å². The first-order valence-corrected chi connectivity index (χ1v) is 8.31. The van der Waals surface area contributed by atoms with Crippen LogP contribution in [0, 0.1) is 0 Å². The number of carbonyl (C=O) groups excluding carboxylic acids is 1. The van der Waals surface area contributed by atoms with Crippen molar-refractivity contribution in [3.05, 3.63) is 29.8 Å². The van der Waals surface area contributed by atoms with E-state index >= 15 is 0 Å². The lowest BCUT2D eigenvalue weighted by atomic mass is 10.0. The predicted molar refractivity (Wildman–Crippen MR) is 87.1 cm³/mol. The highest BCUT2D eigenvalue weighted by Gasteiger charge is 2.38. The van der Waals surface area contributed by atoms with Gasteiger partial charge in [-0.05, 0) is 57.0 Å². The topological polar surface area (TPSA) is 32.8 Å². The van der Waals surface area contributed by atoms with Crippen molar-refractivity contribution in [2.75, 3.05) is 27.2 Å². The van der Waals surface area contributed by atoms with Crippen molar-refractivity contribution < 1.29 is 9.53 Å². The lowest BCUT2D eigenvalue weighted by Crippen LogP contribution is -2.47. The highest BCUT2D eigenvalue weighted by atomic mass is 16.5. The normalized spacial score (nSPS) is 25.6. The number of likely N-dealkylation sites (tertiary alicyclic amines) is 2. The van der Waals surface area contributed by atoms with Crippen molar-refractivity contribution >= 4 is 5.91 Å².